The third-order valence-electron chi connectivity index (χ3n) is 3.31. The van der Waals surface area contributed by atoms with E-state index in [2.05, 4.69) is 15.4 Å². The van der Waals surface area contributed by atoms with Crippen molar-refractivity contribution in [1.82, 2.24) is 25.0 Å². The first-order chi connectivity index (χ1) is 10.6. The van der Waals surface area contributed by atoms with Gasteiger partial charge in [-0.05, 0) is 19.2 Å². The van der Waals surface area contributed by atoms with Gasteiger partial charge in [0, 0.05) is 26.6 Å². The molecular weight excluding hydrogens is 302 g/mol. The first kappa shape index (κ1) is 16.5. The fraction of sp³-hybridized carbons (Fsp3) is 0.400. The molecule has 1 aromatic heterocycles. The van der Waals surface area contributed by atoms with E-state index in [0.29, 0.717) is 30.4 Å². The Hall–Kier alpha value is -1.92. The van der Waals surface area contributed by atoms with Gasteiger partial charge in [-0.3, -0.25) is 4.79 Å². The Balaban J connectivity index is 2.33. The number of carbonyl (C=O) groups excluding carboxylic acids is 1. The van der Waals surface area contributed by atoms with Gasteiger partial charge in [-0.25, -0.2) is 9.67 Å². The van der Waals surface area contributed by atoms with Crippen molar-refractivity contribution in [3.63, 3.8) is 0 Å². The van der Waals surface area contributed by atoms with Crippen LogP contribution in [0, 0.1) is 0 Å². The smallest absolute Gasteiger partial charge is 0.293 e. The van der Waals surface area contributed by atoms with Crippen molar-refractivity contribution in [2.75, 3.05) is 27.2 Å². The predicted octanol–water partition coefficient (Wildman–Crippen LogP) is 1.77. The van der Waals surface area contributed by atoms with Crippen molar-refractivity contribution in [1.29, 1.82) is 0 Å². The van der Waals surface area contributed by atoms with Gasteiger partial charge in [0.2, 0.25) is 5.82 Å². The molecule has 1 N–H and O–H groups in total. The average molecular weight is 322 g/mol. The number of para-hydroxylation sites is 1. The van der Waals surface area contributed by atoms with Crippen LogP contribution in [0.15, 0.2) is 24.3 Å². The van der Waals surface area contributed by atoms with Gasteiger partial charge >= 0.3 is 0 Å². The lowest BCUT2D eigenvalue weighted by atomic mass is 10.3. The highest BCUT2D eigenvalue weighted by molar-refractivity contribution is 6.32. The number of nitrogens with zero attached hydrogens (tertiary/aromatic N) is 4. The van der Waals surface area contributed by atoms with Crippen molar-refractivity contribution in [2.24, 2.45) is 0 Å². The summed E-state index contributed by atoms with van der Waals surface area (Å²) in [6, 6.07) is 7.38. The largest absolute Gasteiger partial charge is 0.338 e. The summed E-state index contributed by atoms with van der Waals surface area (Å²) in [6.45, 7) is 3.28. The summed E-state index contributed by atoms with van der Waals surface area (Å²) >= 11 is 6.22. The minimum Gasteiger partial charge on any atom is -0.338 e. The molecule has 0 radical (unpaired) electrons. The number of aryl methyl sites for hydroxylation is 1. The maximum absolute atomic E-state index is 12.4. The molecule has 0 aliphatic heterocycles. The zero-order valence-electron chi connectivity index (χ0n) is 13.0. The summed E-state index contributed by atoms with van der Waals surface area (Å²) in [6.07, 6.45) is 0.658. The first-order valence-electron chi connectivity index (χ1n) is 7.19. The molecule has 0 saturated carbocycles. The lowest BCUT2D eigenvalue weighted by molar-refractivity contribution is 0.0785. The molecule has 6 nitrogen and oxygen atoms in total. The standard InChI is InChI=1S/C15H20ClN5O/c1-4-13-18-14(15(22)20(3)10-9-17-2)19-21(13)12-8-6-5-7-11(12)16/h5-8,17H,4,9-10H2,1-3H3. The quantitative estimate of drug-likeness (QED) is 0.881. The number of hydrogen-bond donors (Lipinski definition) is 1. The number of carbonyl (C=O) groups is 1. The number of hydrogen-bond acceptors (Lipinski definition) is 4. The topological polar surface area (TPSA) is 63.1 Å². The van der Waals surface area contributed by atoms with Gasteiger partial charge in [0.05, 0.1) is 10.7 Å². The number of halogens is 1. The molecule has 0 atom stereocenters. The lowest BCUT2D eigenvalue weighted by Crippen LogP contribution is -2.33. The van der Waals surface area contributed by atoms with Gasteiger partial charge in [0.25, 0.3) is 5.91 Å². The van der Waals surface area contributed by atoms with Gasteiger partial charge in [-0.1, -0.05) is 30.7 Å². The van der Waals surface area contributed by atoms with E-state index in [1.807, 2.05) is 32.2 Å². The second-order valence-corrected chi connectivity index (χ2v) is 5.31. The molecule has 1 heterocycles. The van der Waals surface area contributed by atoms with Gasteiger partial charge < -0.3 is 10.2 Å². The van der Waals surface area contributed by atoms with Gasteiger partial charge in [-0.2, -0.15) is 0 Å². The van der Waals surface area contributed by atoms with E-state index in [4.69, 9.17) is 11.6 Å². The van der Waals surface area contributed by atoms with E-state index >= 15 is 0 Å². The summed E-state index contributed by atoms with van der Waals surface area (Å²) in [4.78, 5) is 18.3. The minimum absolute atomic E-state index is 0.190. The van der Waals surface area contributed by atoms with Crippen LogP contribution in [-0.2, 0) is 6.42 Å². The number of nitrogens with one attached hydrogen (secondary N) is 1. The molecule has 2 rings (SSSR count). The zero-order valence-corrected chi connectivity index (χ0v) is 13.8. The third kappa shape index (κ3) is 3.45. The molecular formula is C15H20ClN5O. The molecule has 0 aliphatic carbocycles. The fourth-order valence-corrected chi connectivity index (χ4v) is 2.25. The van der Waals surface area contributed by atoms with Gasteiger partial charge in [0.1, 0.15) is 5.82 Å². The Morgan fingerprint density at radius 1 is 1.41 bits per heavy atom. The van der Waals surface area contributed by atoms with E-state index in [0.717, 1.165) is 5.69 Å². The molecule has 0 fully saturated rings. The van der Waals surface area contributed by atoms with Crippen molar-refractivity contribution in [3.05, 3.63) is 40.9 Å². The van der Waals surface area contributed by atoms with Crippen molar-refractivity contribution >= 4 is 17.5 Å². The molecule has 0 unspecified atom stereocenters. The van der Waals surface area contributed by atoms with E-state index in [-0.39, 0.29) is 11.7 Å². The average Bonchev–Trinajstić information content (AvgIpc) is 2.96. The molecule has 0 bridgehead atoms. The van der Waals surface area contributed by atoms with E-state index in [1.165, 1.54) is 0 Å². The summed E-state index contributed by atoms with van der Waals surface area (Å²) in [7, 11) is 3.58. The van der Waals surface area contributed by atoms with Crippen LogP contribution in [0.5, 0.6) is 0 Å². The van der Waals surface area contributed by atoms with Crippen LogP contribution in [0.3, 0.4) is 0 Å². The normalized spacial score (nSPS) is 10.7. The van der Waals surface area contributed by atoms with E-state index in [9.17, 15) is 4.79 Å². The van der Waals surface area contributed by atoms with Crippen LogP contribution in [0.2, 0.25) is 5.02 Å². The Bertz CT molecular complexity index is 655. The molecule has 0 aliphatic rings. The van der Waals surface area contributed by atoms with Crippen LogP contribution < -0.4 is 5.32 Å². The van der Waals surface area contributed by atoms with Crippen LogP contribution >= 0.6 is 11.6 Å². The van der Waals surface area contributed by atoms with Crippen molar-refractivity contribution < 1.29 is 4.79 Å². The molecule has 0 spiro atoms. The minimum atomic E-state index is -0.198. The summed E-state index contributed by atoms with van der Waals surface area (Å²) < 4.78 is 1.64. The fourth-order valence-electron chi connectivity index (χ4n) is 2.03. The number of benzene rings is 1. The molecule has 0 saturated heterocycles. The van der Waals surface area contributed by atoms with Crippen molar-refractivity contribution in [2.45, 2.75) is 13.3 Å². The first-order valence-corrected chi connectivity index (χ1v) is 7.57. The van der Waals surface area contributed by atoms with Crippen LogP contribution in [0.25, 0.3) is 5.69 Å². The predicted molar refractivity (Wildman–Crippen MR) is 86.6 cm³/mol. The number of likely N-dealkylation sites (N-methyl/N-ethyl adjacent to an activating group) is 2. The maximum Gasteiger partial charge on any atom is 0.293 e. The number of aromatic nitrogens is 3. The molecule has 22 heavy (non-hydrogen) atoms. The molecule has 1 amide bonds. The van der Waals surface area contributed by atoms with E-state index in [1.54, 1.807) is 22.7 Å². The Morgan fingerprint density at radius 3 is 2.77 bits per heavy atom. The monoisotopic (exact) mass is 321 g/mol. The van der Waals surface area contributed by atoms with Gasteiger partial charge in [-0.15, -0.1) is 5.10 Å². The Labute approximate surface area is 135 Å². The second kappa shape index (κ2) is 7.38. The van der Waals surface area contributed by atoms with Crippen LogP contribution in [0.4, 0.5) is 0 Å². The van der Waals surface area contributed by atoms with Crippen LogP contribution in [-0.4, -0.2) is 52.8 Å². The SMILES string of the molecule is CCc1nc(C(=O)N(C)CCNC)nn1-c1ccccc1Cl. The van der Waals surface area contributed by atoms with Crippen molar-refractivity contribution in [3.8, 4) is 5.69 Å². The highest BCUT2D eigenvalue weighted by Gasteiger charge is 2.20. The van der Waals surface area contributed by atoms with Crippen LogP contribution in [0.1, 0.15) is 23.4 Å². The lowest BCUT2D eigenvalue weighted by Gasteiger charge is -2.14. The summed E-state index contributed by atoms with van der Waals surface area (Å²) in [5, 5.41) is 7.93. The second-order valence-electron chi connectivity index (χ2n) is 4.90. The Kier molecular flexibility index (Phi) is 5.51. The zero-order chi connectivity index (χ0) is 16.1. The highest BCUT2D eigenvalue weighted by atomic mass is 35.5. The molecule has 118 valence electrons. The number of amides is 1. The maximum atomic E-state index is 12.4. The Morgan fingerprint density at radius 2 is 2.14 bits per heavy atom. The van der Waals surface area contributed by atoms with E-state index < -0.39 is 0 Å². The molecule has 1 aromatic carbocycles. The summed E-state index contributed by atoms with van der Waals surface area (Å²) in [5.41, 5.74) is 0.727. The molecule has 2 aromatic rings. The number of rotatable bonds is 6. The third-order valence-corrected chi connectivity index (χ3v) is 3.63. The highest BCUT2D eigenvalue weighted by Crippen LogP contribution is 2.20. The molecule has 7 heteroatoms. The summed E-state index contributed by atoms with van der Waals surface area (Å²) in [5.74, 6) is 0.699. The van der Waals surface area contributed by atoms with Gasteiger partial charge in [0.15, 0.2) is 0 Å².